The molecule has 2 N–H and O–H groups in total. The molecule has 0 aromatic heterocycles. The van der Waals surface area contributed by atoms with Crippen molar-refractivity contribution in [3.05, 3.63) is 0 Å². The van der Waals surface area contributed by atoms with E-state index in [4.69, 9.17) is 4.74 Å². The molecule has 1 unspecified atom stereocenters. The number of ether oxygens (including phenoxy) is 1. The number of hydrogen-bond donors (Lipinski definition) is 2. The van der Waals surface area contributed by atoms with Crippen LogP contribution in [0.15, 0.2) is 0 Å². The predicted molar refractivity (Wildman–Crippen MR) is 71.4 cm³/mol. The Kier molecular flexibility index (Phi) is 4.28. The van der Waals surface area contributed by atoms with Crippen LogP contribution in [0.5, 0.6) is 0 Å². The largest absolute Gasteiger partial charge is 0.381 e. The molecule has 1 atom stereocenters. The van der Waals surface area contributed by atoms with Gasteiger partial charge >= 0.3 is 0 Å². The zero-order chi connectivity index (χ0) is 13.1. The van der Waals surface area contributed by atoms with E-state index in [0.717, 1.165) is 58.4 Å². The van der Waals surface area contributed by atoms with Gasteiger partial charge in [0.25, 0.3) is 0 Å². The summed E-state index contributed by atoms with van der Waals surface area (Å²) in [4.78, 5) is 12.4. The summed E-state index contributed by atoms with van der Waals surface area (Å²) in [6.45, 7) is 7.72. The van der Waals surface area contributed by atoms with Gasteiger partial charge < -0.3 is 15.4 Å². The molecule has 4 nitrogen and oxygen atoms in total. The molecule has 0 spiro atoms. The lowest BCUT2D eigenvalue weighted by Gasteiger charge is -2.35. The second-order valence-corrected chi connectivity index (χ2v) is 6.07. The third kappa shape index (κ3) is 2.86. The van der Waals surface area contributed by atoms with Gasteiger partial charge in [-0.25, -0.2) is 0 Å². The Hall–Kier alpha value is -0.610. The zero-order valence-corrected chi connectivity index (χ0v) is 11.7. The molecule has 0 bridgehead atoms. The summed E-state index contributed by atoms with van der Waals surface area (Å²) in [6, 6.07) is 0. The molecular weight excluding hydrogens is 228 g/mol. The first kappa shape index (κ1) is 13.8. The van der Waals surface area contributed by atoms with Crippen LogP contribution >= 0.6 is 0 Å². The molecule has 2 heterocycles. The van der Waals surface area contributed by atoms with Crippen molar-refractivity contribution < 1.29 is 9.53 Å². The molecule has 18 heavy (non-hydrogen) atoms. The van der Waals surface area contributed by atoms with Gasteiger partial charge in [0, 0.05) is 19.8 Å². The number of carbonyl (C=O) groups is 1. The van der Waals surface area contributed by atoms with Crippen molar-refractivity contribution in [1.29, 1.82) is 0 Å². The monoisotopic (exact) mass is 254 g/mol. The van der Waals surface area contributed by atoms with Crippen LogP contribution in [-0.2, 0) is 9.53 Å². The van der Waals surface area contributed by atoms with Crippen molar-refractivity contribution in [3.63, 3.8) is 0 Å². The van der Waals surface area contributed by atoms with Crippen LogP contribution in [-0.4, -0.2) is 37.7 Å². The number of carbonyl (C=O) groups excluding carboxylic acids is 1. The first-order valence-electron chi connectivity index (χ1n) is 7.21. The maximum atomic E-state index is 12.4. The third-order valence-electron chi connectivity index (χ3n) is 4.66. The summed E-state index contributed by atoms with van der Waals surface area (Å²) >= 11 is 0. The lowest BCUT2D eigenvalue weighted by atomic mass is 9.82. The Labute approximate surface area is 110 Å². The second kappa shape index (κ2) is 5.57. The zero-order valence-electron chi connectivity index (χ0n) is 11.7. The fraction of sp³-hybridized carbons (Fsp3) is 0.929. The van der Waals surface area contributed by atoms with Gasteiger partial charge in [0.15, 0.2) is 0 Å². The average Bonchev–Trinajstić information content (AvgIpc) is 2.87. The van der Waals surface area contributed by atoms with Crippen molar-refractivity contribution in [3.8, 4) is 0 Å². The molecule has 2 aliphatic rings. The van der Waals surface area contributed by atoms with Crippen LogP contribution in [0.4, 0.5) is 0 Å². The van der Waals surface area contributed by atoms with E-state index < -0.39 is 0 Å². The van der Waals surface area contributed by atoms with Crippen LogP contribution in [0.25, 0.3) is 0 Å². The summed E-state index contributed by atoms with van der Waals surface area (Å²) < 4.78 is 5.39. The van der Waals surface area contributed by atoms with Crippen molar-refractivity contribution >= 4 is 5.91 Å². The SMILES string of the molecule is CCC1(C(=O)NCC2(C)CCOCC2)CCCN1. The third-order valence-corrected chi connectivity index (χ3v) is 4.66. The van der Waals surface area contributed by atoms with Gasteiger partial charge in [0.2, 0.25) is 5.91 Å². The van der Waals surface area contributed by atoms with Gasteiger partial charge in [0.05, 0.1) is 5.54 Å². The van der Waals surface area contributed by atoms with Crippen LogP contribution in [0.2, 0.25) is 0 Å². The maximum absolute atomic E-state index is 12.4. The van der Waals surface area contributed by atoms with Crippen molar-refractivity contribution in [2.45, 2.75) is 51.5 Å². The van der Waals surface area contributed by atoms with Gasteiger partial charge in [-0.1, -0.05) is 13.8 Å². The van der Waals surface area contributed by atoms with E-state index in [2.05, 4.69) is 24.5 Å². The minimum absolute atomic E-state index is 0.190. The Balaban J connectivity index is 1.87. The molecule has 0 aliphatic carbocycles. The van der Waals surface area contributed by atoms with Crippen molar-refractivity contribution in [2.24, 2.45) is 5.41 Å². The molecule has 4 heteroatoms. The van der Waals surface area contributed by atoms with E-state index in [-0.39, 0.29) is 16.9 Å². The maximum Gasteiger partial charge on any atom is 0.240 e. The first-order valence-corrected chi connectivity index (χ1v) is 7.21. The molecule has 1 amide bonds. The molecule has 104 valence electrons. The van der Waals surface area contributed by atoms with E-state index in [9.17, 15) is 4.79 Å². The summed E-state index contributed by atoms with van der Waals surface area (Å²) in [6.07, 6.45) is 5.03. The predicted octanol–water partition coefficient (Wildman–Crippen LogP) is 1.45. The normalized spacial score (nSPS) is 31.2. The van der Waals surface area contributed by atoms with E-state index in [1.807, 2.05) is 0 Å². The van der Waals surface area contributed by atoms with Gasteiger partial charge in [-0.2, -0.15) is 0 Å². The van der Waals surface area contributed by atoms with Crippen LogP contribution < -0.4 is 10.6 Å². The highest BCUT2D eigenvalue weighted by Gasteiger charge is 2.39. The highest BCUT2D eigenvalue weighted by atomic mass is 16.5. The Morgan fingerprint density at radius 3 is 2.61 bits per heavy atom. The van der Waals surface area contributed by atoms with E-state index in [0.29, 0.717) is 0 Å². The molecule has 0 aromatic carbocycles. The molecule has 2 aliphatic heterocycles. The highest BCUT2D eigenvalue weighted by molar-refractivity contribution is 5.86. The van der Waals surface area contributed by atoms with E-state index >= 15 is 0 Å². The Morgan fingerprint density at radius 2 is 2.06 bits per heavy atom. The lowest BCUT2D eigenvalue weighted by Crippen LogP contribution is -2.55. The molecule has 0 aromatic rings. The van der Waals surface area contributed by atoms with Gasteiger partial charge in [-0.3, -0.25) is 4.79 Å². The minimum Gasteiger partial charge on any atom is -0.381 e. The molecule has 2 rings (SSSR count). The standard InChI is InChI=1S/C14H26N2O2/c1-3-14(5-4-8-16-14)12(17)15-11-13(2)6-9-18-10-7-13/h16H,3-11H2,1-2H3,(H,15,17). The summed E-state index contributed by atoms with van der Waals surface area (Å²) in [7, 11) is 0. The second-order valence-electron chi connectivity index (χ2n) is 6.07. The lowest BCUT2D eigenvalue weighted by molar-refractivity contribution is -0.128. The van der Waals surface area contributed by atoms with Crippen LogP contribution in [0.3, 0.4) is 0 Å². The topological polar surface area (TPSA) is 50.4 Å². The molecular formula is C14H26N2O2. The fourth-order valence-corrected chi connectivity index (χ4v) is 2.97. The molecule has 2 saturated heterocycles. The number of hydrogen-bond acceptors (Lipinski definition) is 3. The van der Waals surface area contributed by atoms with Crippen LogP contribution in [0.1, 0.15) is 46.0 Å². The molecule has 2 fully saturated rings. The average molecular weight is 254 g/mol. The number of amides is 1. The highest BCUT2D eigenvalue weighted by Crippen LogP contribution is 2.29. The number of rotatable bonds is 4. The Bertz CT molecular complexity index is 292. The first-order chi connectivity index (χ1) is 8.60. The van der Waals surface area contributed by atoms with E-state index in [1.165, 1.54) is 0 Å². The van der Waals surface area contributed by atoms with Crippen LogP contribution in [0, 0.1) is 5.41 Å². The quantitative estimate of drug-likeness (QED) is 0.798. The summed E-state index contributed by atoms with van der Waals surface area (Å²) in [5, 5.41) is 6.55. The summed E-state index contributed by atoms with van der Waals surface area (Å²) in [5.41, 5.74) is -0.0943. The number of nitrogens with one attached hydrogen (secondary N) is 2. The smallest absolute Gasteiger partial charge is 0.240 e. The van der Waals surface area contributed by atoms with Gasteiger partial charge in [0.1, 0.15) is 0 Å². The Morgan fingerprint density at radius 1 is 1.33 bits per heavy atom. The van der Waals surface area contributed by atoms with Gasteiger partial charge in [-0.15, -0.1) is 0 Å². The van der Waals surface area contributed by atoms with E-state index in [1.54, 1.807) is 0 Å². The minimum atomic E-state index is -0.304. The molecule has 0 saturated carbocycles. The van der Waals surface area contributed by atoms with Gasteiger partial charge in [-0.05, 0) is 44.1 Å². The summed E-state index contributed by atoms with van der Waals surface area (Å²) in [5.74, 6) is 0.190. The van der Waals surface area contributed by atoms with Crippen molar-refractivity contribution in [1.82, 2.24) is 10.6 Å². The van der Waals surface area contributed by atoms with Crippen molar-refractivity contribution in [2.75, 3.05) is 26.3 Å². The fourth-order valence-electron chi connectivity index (χ4n) is 2.97. The molecule has 0 radical (unpaired) electrons.